The molecule has 7 heteroatoms. The number of nitro groups is 1. The van der Waals surface area contributed by atoms with E-state index in [0.717, 1.165) is 0 Å². The van der Waals surface area contributed by atoms with E-state index in [-0.39, 0.29) is 28.9 Å². The highest BCUT2D eigenvalue weighted by Crippen LogP contribution is 2.56. The van der Waals surface area contributed by atoms with Crippen molar-refractivity contribution in [1.29, 1.82) is 0 Å². The second-order valence-electron chi connectivity index (χ2n) is 10.4. The summed E-state index contributed by atoms with van der Waals surface area (Å²) >= 11 is 0. The molecule has 7 nitrogen and oxygen atoms in total. The van der Waals surface area contributed by atoms with E-state index in [1.807, 2.05) is 56.3 Å². The van der Waals surface area contributed by atoms with Gasteiger partial charge in [-0.05, 0) is 28.7 Å². The third-order valence-corrected chi connectivity index (χ3v) is 7.29. The number of nitro benzene ring substituents is 1. The van der Waals surface area contributed by atoms with E-state index in [1.165, 1.54) is 12.1 Å². The number of hydrogen-bond acceptors (Lipinski definition) is 6. The molecule has 2 heterocycles. The largest absolute Gasteiger partial charge is 0.460 e. The van der Waals surface area contributed by atoms with E-state index in [9.17, 15) is 19.7 Å². The number of non-ortho nitro benzene ring substituents is 1. The molecular weight excluding hydrogens is 470 g/mol. The average Bonchev–Trinajstić information content (AvgIpc) is 2.87. The number of carbonyl (C=O) groups is 1. The second kappa shape index (κ2) is 8.00. The molecule has 184 valence electrons. The van der Waals surface area contributed by atoms with E-state index in [1.54, 1.807) is 24.3 Å². The fraction of sp³-hybridized carbons (Fsp3) is 0.200. The first kappa shape index (κ1) is 22.9. The van der Waals surface area contributed by atoms with Crippen molar-refractivity contribution in [2.45, 2.75) is 32.1 Å². The lowest BCUT2D eigenvalue weighted by molar-refractivity contribution is -0.384. The lowest BCUT2D eigenvalue weighted by Crippen LogP contribution is -2.46. The normalized spacial score (nSPS) is 20.2. The minimum Gasteiger partial charge on any atom is -0.460 e. The van der Waals surface area contributed by atoms with Crippen molar-refractivity contribution < 1.29 is 18.9 Å². The van der Waals surface area contributed by atoms with Gasteiger partial charge < -0.3 is 9.15 Å². The molecule has 0 spiro atoms. The van der Waals surface area contributed by atoms with Gasteiger partial charge in [0, 0.05) is 25.0 Å². The Balaban J connectivity index is 1.82. The van der Waals surface area contributed by atoms with Crippen LogP contribution in [0.15, 0.2) is 99.4 Å². The van der Waals surface area contributed by atoms with Gasteiger partial charge in [-0.1, -0.05) is 68.4 Å². The van der Waals surface area contributed by atoms with Gasteiger partial charge >= 0.3 is 5.63 Å². The van der Waals surface area contributed by atoms with Crippen LogP contribution in [-0.4, -0.2) is 10.7 Å². The van der Waals surface area contributed by atoms with E-state index < -0.39 is 16.0 Å². The number of Topliss-reactive ketones (excluding diaryl/α,β-unsaturated/α-hetero) is 1. The molecule has 0 N–H and O–H groups in total. The monoisotopic (exact) mass is 493 g/mol. The minimum absolute atomic E-state index is 0.0879. The summed E-state index contributed by atoms with van der Waals surface area (Å²) in [5.41, 5.74) is -0.260. The first-order chi connectivity index (χ1) is 17.7. The summed E-state index contributed by atoms with van der Waals surface area (Å²) in [5, 5.41) is 12.1. The Kier molecular flexibility index (Phi) is 4.95. The molecule has 1 aliphatic heterocycles. The Labute approximate surface area is 212 Å². The van der Waals surface area contributed by atoms with Crippen LogP contribution in [0.2, 0.25) is 0 Å². The van der Waals surface area contributed by atoms with Gasteiger partial charge in [0.05, 0.1) is 21.3 Å². The molecule has 4 aromatic rings. The van der Waals surface area contributed by atoms with Crippen LogP contribution in [-0.2, 0) is 10.2 Å². The number of allylic oxidation sites excluding steroid dienone is 2. The van der Waals surface area contributed by atoms with Gasteiger partial charge in [-0.2, -0.15) is 0 Å². The third kappa shape index (κ3) is 3.34. The first-order valence-electron chi connectivity index (χ1n) is 12.0. The summed E-state index contributed by atoms with van der Waals surface area (Å²) in [6.45, 7) is 4.03. The zero-order chi connectivity index (χ0) is 25.9. The zero-order valence-corrected chi connectivity index (χ0v) is 20.3. The highest BCUT2D eigenvalue weighted by atomic mass is 16.6. The van der Waals surface area contributed by atoms with Crippen LogP contribution >= 0.6 is 0 Å². The van der Waals surface area contributed by atoms with Crippen molar-refractivity contribution in [2.75, 3.05) is 0 Å². The number of ketones is 1. The van der Waals surface area contributed by atoms with Crippen molar-refractivity contribution >= 4 is 22.4 Å². The lowest BCUT2D eigenvalue weighted by Gasteiger charge is -2.45. The molecule has 1 aliphatic carbocycles. The number of rotatable bonds is 3. The molecule has 0 bridgehead atoms. The molecule has 1 aromatic heterocycles. The van der Waals surface area contributed by atoms with E-state index >= 15 is 0 Å². The van der Waals surface area contributed by atoms with Crippen LogP contribution in [0.5, 0.6) is 5.75 Å². The van der Waals surface area contributed by atoms with Crippen LogP contribution in [0.25, 0.3) is 11.0 Å². The fourth-order valence-electron chi connectivity index (χ4n) is 5.83. The Morgan fingerprint density at radius 2 is 1.49 bits per heavy atom. The second-order valence-corrected chi connectivity index (χ2v) is 10.4. The molecule has 37 heavy (non-hydrogen) atoms. The lowest BCUT2D eigenvalue weighted by atomic mass is 9.59. The van der Waals surface area contributed by atoms with Gasteiger partial charge in [-0.3, -0.25) is 14.9 Å². The van der Waals surface area contributed by atoms with Crippen molar-refractivity contribution in [3.63, 3.8) is 0 Å². The molecule has 0 radical (unpaired) electrons. The Morgan fingerprint density at radius 3 is 2.19 bits per heavy atom. The Morgan fingerprint density at radius 1 is 0.838 bits per heavy atom. The van der Waals surface area contributed by atoms with Crippen LogP contribution in [0.4, 0.5) is 5.69 Å². The molecule has 0 saturated carbocycles. The topological polar surface area (TPSA) is 99.7 Å². The number of ether oxygens (including phenoxy) is 1. The number of nitrogens with zero attached hydrogens (tertiary/aromatic N) is 1. The fourth-order valence-corrected chi connectivity index (χ4v) is 5.83. The summed E-state index contributed by atoms with van der Waals surface area (Å²) in [7, 11) is 0. The van der Waals surface area contributed by atoms with E-state index in [0.29, 0.717) is 45.6 Å². The minimum atomic E-state index is -1.38. The maximum absolute atomic E-state index is 14.0. The Hall–Kier alpha value is -4.52. The standard InChI is InChI=1S/C30H23NO6/c1-29(2)16-22(32)25-24(17-29)36-27-21-10-6-7-11-23(21)37-28(33)26(27)30(25,18-8-4-3-5-9-18)19-12-14-20(15-13-19)31(34)35/h3-15H,16-17H2,1-2H3. The molecule has 1 unspecified atom stereocenters. The summed E-state index contributed by atoms with van der Waals surface area (Å²) in [4.78, 5) is 38.8. The van der Waals surface area contributed by atoms with Crippen LogP contribution in [0, 0.1) is 15.5 Å². The molecule has 1 atom stereocenters. The number of benzene rings is 3. The van der Waals surface area contributed by atoms with Crippen LogP contribution < -0.4 is 10.4 Å². The predicted octanol–water partition coefficient (Wildman–Crippen LogP) is 6.07. The van der Waals surface area contributed by atoms with Crippen LogP contribution in [0.1, 0.15) is 43.4 Å². The van der Waals surface area contributed by atoms with E-state index in [4.69, 9.17) is 9.15 Å². The van der Waals surface area contributed by atoms with Crippen molar-refractivity contribution in [1.82, 2.24) is 0 Å². The number of carbonyl (C=O) groups excluding carboxylic acids is 1. The van der Waals surface area contributed by atoms with Crippen molar-refractivity contribution in [2.24, 2.45) is 5.41 Å². The first-order valence-corrected chi connectivity index (χ1v) is 12.0. The Bertz CT molecular complexity index is 1680. The summed E-state index contributed by atoms with van der Waals surface area (Å²) in [6, 6.07) is 22.4. The molecule has 0 fully saturated rings. The van der Waals surface area contributed by atoms with Gasteiger partial charge in [0.1, 0.15) is 22.7 Å². The van der Waals surface area contributed by atoms with Gasteiger partial charge in [0.25, 0.3) is 5.69 Å². The summed E-state index contributed by atoms with van der Waals surface area (Å²) < 4.78 is 12.3. The molecular formula is C30H23NO6. The maximum Gasteiger partial charge on any atom is 0.344 e. The SMILES string of the molecule is CC1(C)CC(=O)C2=C(C1)Oc1c(c(=O)oc3ccccc13)C2(c1ccccc1)c1ccc([N+](=O)[O-])cc1. The van der Waals surface area contributed by atoms with Crippen molar-refractivity contribution in [3.05, 3.63) is 127 Å². The molecule has 0 saturated heterocycles. The number of hydrogen-bond donors (Lipinski definition) is 0. The zero-order valence-electron chi connectivity index (χ0n) is 20.3. The number of para-hydroxylation sites is 1. The quantitative estimate of drug-likeness (QED) is 0.195. The number of fused-ring (bicyclic) bond motifs is 3. The molecule has 6 rings (SSSR count). The maximum atomic E-state index is 14.0. The molecule has 3 aromatic carbocycles. The predicted molar refractivity (Wildman–Crippen MR) is 138 cm³/mol. The van der Waals surface area contributed by atoms with Gasteiger partial charge in [0.2, 0.25) is 0 Å². The average molecular weight is 494 g/mol. The highest BCUT2D eigenvalue weighted by Gasteiger charge is 2.55. The van der Waals surface area contributed by atoms with Crippen molar-refractivity contribution in [3.8, 4) is 5.75 Å². The third-order valence-electron chi connectivity index (χ3n) is 7.29. The van der Waals surface area contributed by atoms with Gasteiger partial charge in [-0.25, -0.2) is 4.79 Å². The summed E-state index contributed by atoms with van der Waals surface area (Å²) in [6.07, 6.45) is 0.759. The van der Waals surface area contributed by atoms with Crippen LogP contribution in [0.3, 0.4) is 0 Å². The molecule has 2 aliphatic rings. The van der Waals surface area contributed by atoms with Gasteiger partial charge in [0.15, 0.2) is 5.78 Å². The van der Waals surface area contributed by atoms with E-state index in [2.05, 4.69) is 0 Å². The van der Waals surface area contributed by atoms with Gasteiger partial charge in [-0.15, -0.1) is 0 Å². The summed E-state index contributed by atoms with van der Waals surface area (Å²) in [5.74, 6) is 0.719. The molecule has 0 amide bonds. The highest BCUT2D eigenvalue weighted by molar-refractivity contribution is 6.03. The smallest absolute Gasteiger partial charge is 0.344 e.